The maximum Gasteiger partial charge on any atom is 0.573 e. The first-order valence-corrected chi connectivity index (χ1v) is 8.87. The van der Waals surface area contributed by atoms with Crippen molar-refractivity contribution in [1.82, 2.24) is 15.2 Å². The fourth-order valence-electron chi connectivity index (χ4n) is 3.65. The number of benzene rings is 2. The second-order valence-electron chi connectivity index (χ2n) is 6.63. The molecule has 1 aliphatic rings. The van der Waals surface area contributed by atoms with E-state index in [1.807, 2.05) is 18.3 Å². The predicted octanol–water partition coefficient (Wildman–Crippen LogP) is 4.06. The molecule has 3 aromatic rings. The summed E-state index contributed by atoms with van der Waals surface area (Å²) in [6.07, 6.45) is -2.78. The molecule has 7 heteroatoms. The number of piperazine rings is 1. The first kappa shape index (κ1) is 17.9. The number of aromatic nitrogens is 1. The van der Waals surface area contributed by atoms with E-state index in [0.717, 1.165) is 48.2 Å². The van der Waals surface area contributed by atoms with Crippen molar-refractivity contribution in [2.75, 3.05) is 26.2 Å². The number of alkyl halides is 3. The van der Waals surface area contributed by atoms with Crippen LogP contribution in [0.5, 0.6) is 5.75 Å². The zero-order chi connectivity index (χ0) is 18.9. The van der Waals surface area contributed by atoms with Gasteiger partial charge in [0.2, 0.25) is 0 Å². The molecule has 0 amide bonds. The summed E-state index contributed by atoms with van der Waals surface area (Å²) in [7, 11) is 0. The lowest BCUT2D eigenvalue weighted by atomic mass is 9.95. The Balaban J connectivity index is 1.69. The van der Waals surface area contributed by atoms with Crippen LogP contribution in [0.3, 0.4) is 0 Å². The summed E-state index contributed by atoms with van der Waals surface area (Å²) in [5.74, 6) is -0.202. The molecule has 2 aromatic carbocycles. The van der Waals surface area contributed by atoms with Crippen LogP contribution in [0.1, 0.15) is 17.2 Å². The van der Waals surface area contributed by atoms with E-state index in [4.69, 9.17) is 0 Å². The van der Waals surface area contributed by atoms with E-state index in [-0.39, 0.29) is 11.8 Å². The molecule has 0 radical (unpaired) electrons. The molecule has 1 aromatic heterocycles. The first-order chi connectivity index (χ1) is 13.0. The summed E-state index contributed by atoms with van der Waals surface area (Å²) < 4.78 is 41.3. The third kappa shape index (κ3) is 4.09. The number of ether oxygens (including phenoxy) is 1. The van der Waals surface area contributed by atoms with E-state index in [1.54, 1.807) is 12.1 Å². The fourth-order valence-corrected chi connectivity index (χ4v) is 3.65. The Morgan fingerprint density at radius 1 is 0.926 bits per heavy atom. The topological polar surface area (TPSA) is 40.3 Å². The summed E-state index contributed by atoms with van der Waals surface area (Å²) >= 11 is 0. The van der Waals surface area contributed by atoms with Gasteiger partial charge >= 0.3 is 6.36 Å². The van der Waals surface area contributed by atoms with Gasteiger partial charge in [-0.1, -0.05) is 18.2 Å². The summed E-state index contributed by atoms with van der Waals surface area (Å²) in [5, 5.41) is 4.46. The van der Waals surface area contributed by atoms with Crippen molar-refractivity contribution in [3.8, 4) is 5.75 Å². The fraction of sp³-hybridized carbons (Fsp3) is 0.300. The van der Waals surface area contributed by atoms with Crippen molar-refractivity contribution >= 4 is 10.9 Å². The number of fused-ring (bicyclic) bond motifs is 1. The van der Waals surface area contributed by atoms with Crippen molar-refractivity contribution in [2.45, 2.75) is 12.4 Å². The Labute approximate surface area is 154 Å². The Kier molecular flexibility index (Phi) is 4.80. The number of H-pyrrole nitrogens is 1. The molecule has 4 nitrogen and oxygen atoms in total. The van der Waals surface area contributed by atoms with Crippen LogP contribution >= 0.6 is 0 Å². The molecule has 2 heterocycles. The van der Waals surface area contributed by atoms with Crippen LogP contribution in [-0.4, -0.2) is 42.4 Å². The molecule has 1 atom stereocenters. The molecular weight excluding hydrogens is 355 g/mol. The van der Waals surface area contributed by atoms with Gasteiger partial charge in [0.15, 0.2) is 0 Å². The molecule has 1 aliphatic heterocycles. The van der Waals surface area contributed by atoms with Gasteiger partial charge in [-0.25, -0.2) is 0 Å². The van der Waals surface area contributed by atoms with E-state index >= 15 is 0 Å². The minimum absolute atomic E-state index is 0.0219. The molecular formula is C20H20F3N3O. The van der Waals surface area contributed by atoms with Crippen molar-refractivity contribution in [3.63, 3.8) is 0 Å². The number of hydrogen-bond acceptors (Lipinski definition) is 3. The van der Waals surface area contributed by atoms with E-state index in [1.165, 1.54) is 12.1 Å². The molecule has 4 rings (SSSR count). The smallest absolute Gasteiger partial charge is 0.406 e. The predicted molar refractivity (Wildman–Crippen MR) is 97.7 cm³/mol. The van der Waals surface area contributed by atoms with Gasteiger partial charge < -0.3 is 15.0 Å². The highest BCUT2D eigenvalue weighted by Crippen LogP contribution is 2.32. The van der Waals surface area contributed by atoms with E-state index < -0.39 is 6.36 Å². The molecule has 142 valence electrons. The number of nitrogens with zero attached hydrogens (tertiary/aromatic N) is 1. The molecule has 0 saturated carbocycles. The van der Waals surface area contributed by atoms with Crippen LogP contribution in [0, 0.1) is 0 Å². The largest absolute Gasteiger partial charge is 0.573 e. The lowest BCUT2D eigenvalue weighted by molar-refractivity contribution is -0.274. The number of aromatic amines is 1. The van der Waals surface area contributed by atoms with Crippen molar-refractivity contribution in [2.24, 2.45) is 0 Å². The van der Waals surface area contributed by atoms with Gasteiger partial charge in [0.1, 0.15) is 5.75 Å². The van der Waals surface area contributed by atoms with Gasteiger partial charge in [-0.2, -0.15) is 0 Å². The molecule has 0 unspecified atom stereocenters. The molecule has 1 saturated heterocycles. The third-order valence-corrected chi connectivity index (χ3v) is 4.84. The Bertz CT molecular complexity index is 899. The summed E-state index contributed by atoms with van der Waals surface area (Å²) in [4.78, 5) is 5.54. The average Bonchev–Trinajstić information content (AvgIpc) is 3.11. The maximum absolute atomic E-state index is 12.4. The van der Waals surface area contributed by atoms with Crippen LogP contribution in [0.2, 0.25) is 0 Å². The van der Waals surface area contributed by atoms with E-state index in [2.05, 4.69) is 32.1 Å². The van der Waals surface area contributed by atoms with Crippen molar-refractivity contribution in [3.05, 3.63) is 65.9 Å². The minimum Gasteiger partial charge on any atom is -0.406 e. The molecule has 0 aliphatic carbocycles. The van der Waals surface area contributed by atoms with Crippen LogP contribution in [0.15, 0.2) is 54.7 Å². The second-order valence-corrected chi connectivity index (χ2v) is 6.63. The van der Waals surface area contributed by atoms with Crippen LogP contribution < -0.4 is 10.1 Å². The molecule has 1 fully saturated rings. The second kappa shape index (κ2) is 7.25. The van der Waals surface area contributed by atoms with Crippen LogP contribution in [-0.2, 0) is 0 Å². The van der Waals surface area contributed by atoms with Gasteiger partial charge in [-0.3, -0.25) is 4.90 Å². The van der Waals surface area contributed by atoms with Gasteiger partial charge in [0.05, 0.1) is 6.04 Å². The monoisotopic (exact) mass is 375 g/mol. The molecule has 2 N–H and O–H groups in total. The van der Waals surface area contributed by atoms with Crippen molar-refractivity contribution in [1.29, 1.82) is 0 Å². The summed E-state index contributed by atoms with van der Waals surface area (Å²) in [6.45, 7) is 3.52. The van der Waals surface area contributed by atoms with Gasteiger partial charge in [0, 0.05) is 37.9 Å². The number of halogens is 3. The summed E-state index contributed by atoms with van der Waals surface area (Å²) in [5.41, 5.74) is 3.13. The molecule has 0 spiro atoms. The lowest BCUT2D eigenvalue weighted by Crippen LogP contribution is -2.45. The first-order valence-electron chi connectivity index (χ1n) is 8.87. The highest BCUT2D eigenvalue weighted by atomic mass is 19.4. The summed E-state index contributed by atoms with van der Waals surface area (Å²) in [6, 6.07) is 14.5. The van der Waals surface area contributed by atoms with E-state index in [9.17, 15) is 13.2 Å². The van der Waals surface area contributed by atoms with Crippen molar-refractivity contribution < 1.29 is 17.9 Å². The number of rotatable bonds is 4. The quantitative estimate of drug-likeness (QED) is 0.723. The molecule has 0 bridgehead atoms. The Hall–Kier alpha value is -2.51. The number of hydrogen-bond donors (Lipinski definition) is 2. The number of nitrogens with one attached hydrogen (secondary N) is 2. The standard InChI is InChI=1S/C20H20F3N3O/c21-20(22,23)27-17-4-1-14(2-5-17)19(26-11-9-24-10-12-26)16-3-6-18-15(13-16)7-8-25-18/h1-8,13,19,24-25H,9-12H2/t19-/m0/s1. The van der Waals surface area contributed by atoms with Gasteiger partial charge in [-0.15, -0.1) is 13.2 Å². The SMILES string of the molecule is FC(F)(F)Oc1ccc([C@@H](c2ccc3[nH]ccc3c2)N2CCNCC2)cc1. The van der Waals surface area contributed by atoms with Crippen LogP contribution in [0.4, 0.5) is 13.2 Å². The van der Waals surface area contributed by atoms with Gasteiger partial charge in [-0.05, 0) is 46.8 Å². The zero-order valence-corrected chi connectivity index (χ0v) is 14.6. The Morgan fingerprint density at radius 3 is 2.33 bits per heavy atom. The van der Waals surface area contributed by atoms with E-state index in [0.29, 0.717) is 0 Å². The zero-order valence-electron chi connectivity index (χ0n) is 14.6. The highest BCUT2D eigenvalue weighted by molar-refractivity contribution is 5.80. The highest BCUT2D eigenvalue weighted by Gasteiger charge is 2.31. The molecule has 27 heavy (non-hydrogen) atoms. The maximum atomic E-state index is 12.4. The minimum atomic E-state index is -4.68. The normalized spacial score (nSPS) is 17.1. The average molecular weight is 375 g/mol. The van der Waals surface area contributed by atoms with Crippen LogP contribution in [0.25, 0.3) is 10.9 Å². The Morgan fingerprint density at radius 2 is 1.63 bits per heavy atom. The van der Waals surface area contributed by atoms with Gasteiger partial charge in [0.25, 0.3) is 0 Å². The third-order valence-electron chi connectivity index (χ3n) is 4.84. The lowest BCUT2D eigenvalue weighted by Gasteiger charge is -2.35.